The Labute approximate surface area is 125 Å². The number of ether oxygens (including phenoxy) is 1. The van der Waals surface area contributed by atoms with Crippen molar-refractivity contribution in [1.82, 2.24) is 10.3 Å². The van der Waals surface area contributed by atoms with Gasteiger partial charge in [0.05, 0.1) is 10.7 Å². The molecule has 3 nitrogen and oxygen atoms in total. The lowest BCUT2D eigenvalue weighted by molar-refractivity contribution is 0.302. The van der Waals surface area contributed by atoms with Crippen LogP contribution >= 0.6 is 11.3 Å². The number of aryl methyl sites for hydroxylation is 1. The van der Waals surface area contributed by atoms with Crippen molar-refractivity contribution in [3.8, 4) is 5.75 Å². The van der Waals surface area contributed by atoms with Gasteiger partial charge in [-0.1, -0.05) is 19.1 Å². The maximum absolute atomic E-state index is 5.76. The molecule has 0 aliphatic rings. The summed E-state index contributed by atoms with van der Waals surface area (Å²) in [4.78, 5) is 4.50. The maximum Gasteiger partial charge on any atom is 0.131 e. The van der Waals surface area contributed by atoms with Crippen molar-refractivity contribution in [2.75, 3.05) is 7.05 Å². The van der Waals surface area contributed by atoms with Crippen LogP contribution in [-0.4, -0.2) is 18.1 Å². The van der Waals surface area contributed by atoms with Gasteiger partial charge in [-0.15, -0.1) is 11.3 Å². The molecule has 2 rings (SSSR count). The zero-order valence-electron chi connectivity index (χ0n) is 12.3. The third kappa shape index (κ3) is 4.32. The molecule has 1 aromatic heterocycles. The molecule has 0 amide bonds. The highest BCUT2D eigenvalue weighted by molar-refractivity contribution is 7.09. The van der Waals surface area contributed by atoms with E-state index in [1.54, 1.807) is 11.3 Å². The van der Waals surface area contributed by atoms with E-state index in [1.807, 2.05) is 19.2 Å². The van der Waals surface area contributed by atoms with Gasteiger partial charge in [0.2, 0.25) is 0 Å². The van der Waals surface area contributed by atoms with Crippen LogP contribution in [0.15, 0.2) is 29.6 Å². The van der Waals surface area contributed by atoms with E-state index in [2.05, 4.69) is 41.7 Å². The van der Waals surface area contributed by atoms with Crippen LogP contribution in [0.2, 0.25) is 0 Å². The van der Waals surface area contributed by atoms with Crippen LogP contribution in [-0.2, 0) is 19.4 Å². The van der Waals surface area contributed by atoms with Gasteiger partial charge in [-0.3, -0.25) is 0 Å². The summed E-state index contributed by atoms with van der Waals surface area (Å²) in [7, 11) is 1.99. The number of likely N-dealkylation sites (N-methyl/N-ethyl adjacent to an activating group) is 1. The largest absolute Gasteiger partial charge is 0.487 e. The number of nitrogens with one attached hydrogen (secondary N) is 1. The normalized spacial score (nSPS) is 12.3. The predicted molar refractivity (Wildman–Crippen MR) is 84.5 cm³/mol. The van der Waals surface area contributed by atoms with Gasteiger partial charge in [-0.05, 0) is 44.5 Å². The first-order valence-electron chi connectivity index (χ1n) is 7.03. The molecule has 20 heavy (non-hydrogen) atoms. The van der Waals surface area contributed by atoms with Crippen molar-refractivity contribution in [3.63, 3.8) is 0 Å². The summed E-state index contributed by atoms with van der Waals surface area (Å²) in [5, 5.41) is 6.48. The lowest BCUT2D eigenvalue weighted by Crippen LogP contribution is -2.23. The number of rotatable bonds is 7. The summed E-state index contributed by atoms with van der Waals surface area (Å²) in [5.41, 5.74) is 2.33. The molecule has 1 heterocycles. The van der Waals surface area contributed by atoms with Crippen molar-refractivity contribution in [1.29, 1.82) is 0 Å². The molecule has 0 saturated carbocycles. The van der Waals surface area contributed by atoms with Crippen LogP contribution in [0.25, 0.3) is 0 Å². The summed E-state index contributed by atoms with van der Waals surface area (Å²) >= 11 is 1.70. The molecule has 108 valence electrons. The molecule has 0 bridgehead atoms. The Morgan fingerprint density at radius 2 is 2.05 bits per heavy atom. The first kappa shape index (κ1) is 15.0. The van der Waals surface area contributed by atoms with Gasteiger partial charge in [0.25, 0.3) is 0 Å². The van der Waals surface area contributed by atoms with Crippen LogP contribution in [0, 0.1) is 0 Å². The molecule has 1 unspecified atom stereocenters. The fourth-order valence-electron chi connectivity index (χ4n) is 1.91. The SMILES string of the molecule is CCc1nc(COc2ccc(CC(C)NC)cc2)cs1. The monoisotopic (exact) mass is 290 g/mol. The van der Waals surface area contributed by atoms with Crippen molar-refractivity contribution >= 4 is 11.3 Å². The summed E-state index contributed by atoms with van der Waals surface area (Å²) < 4.78 is 5.76. The van der Waals surface area contributed by atoms with Gasteiger partial charge < -0.3 is 10.1 Å². The third-order valence-electron chi connectivity index (χ3n) is 3.25. The van der Waals surface area contributed by atoms with E-state index >= 15 is 0 Å². The highest BCUT2D eigenvalue weighted by Crippen LogP contribution is 2.16. The molecule has 0 radical (unpaired) electrons. The summed E-state index contributed by atoms with van der Waals surface area (Å²) in [5.74, 6) is 0.900. The Morgan fingerprint density at radius 1 is 1.30 bits per heavy atom. The highest BCUT2D eigenvalue weighted by atomic mass is 32.1. The van der Waals surface area contributed by atoms with Crippen LogP contribution < -0.4 is 10.1 Å². The minimum atomic E-state index is 0.490. The molecular formula is C16H22N2OS. The maximum atomic E-state index is 5.76. The second-order valence-electron chi connectivity index (χ2n) is 4.91. The van der Waals surface area contributed by atoms with Gasteiger partial charge >= 0.3 is 0 Å². The molecule has 1 N–H and O–H groups in total. The summed E-state index contributed by atoms with van der Waals surface area (Å²) in [6.45, 7) is 4.84. The summed E-state index contributed by atoms with van der Waals surface area (Å²) in [6, 6.07) is 8.81. The van der Waals surface area contributed by atoms with E-state index in [0.29, 0.717) is 12.6 Å². The fourth-order valence-corrected chi connectivity index (χ4v) is 2.64. The zero-order valence-corrected chi connectivity index (χ0v) is 13.2. The molecule has 4 heteroatoms. The van der Waals surface area contributed by atoms with Gasteiger partial charge in [-0.25, -0.2) is 4.98 Å². The second kappa shape index (κ2) is 7.41. The first-order chi connectivity index (χ1) is 9.71. The van der Waals surface area contributed by atoms with Crippen LogP contribution in [0.1, 0.15) is 30.1 Å². The first-order valence-corrected chi connectivity index (χ1v) is 7.91. The van der Waals surface area contributed by atoms with Gasteiger partial charge in [-0.2, -0.15) is 0 Å². The van der Waals surface area contributed by atoms with E-state index in [4.69, 9.17) is 4.74 Å². The molecule has 1 aromatic carbocycles. The van der Waals surface area contributed by atoms with Gasteiger partial charge in [0.15, 0.2) is 0 Å². The molecular weight excluding hydrogens is 268 g/mol. The van der Waals surface area contributed by atoms with Gasteiger partial charge in [0.1, 0.15) is 12.4 Å². The van der Waals surface area contributed by atoms with Crippen LogP contribution in [0.3, 0.4) is 0 Å². The van der Waals surface area contributed by atoms with Crippen LogP contribution in [0.4, 0.5) is 0 Å². The molecule has 0 fully saturated rings. The van der Waals surface area contributed by atoms with Crippen LogP contribution in [0.5, 0.6) is 5.75 Å². The lowest BCUT2D eigenvalue weighted by Gasteiger charge is -2.10. The van der Waals surface area contributed by atoms with E-state index in [9.17, 15) is 0 Å². The minimum absolute atomic E-state index is 0.490. The van der Waals surface area contributed by atoms with Crippen molar-refractivity contribution in [2.24, 2.45) is 0 Å². The average Bonchev–Trinajstić information content (AvgIpc) is 2.94. The molecule has 0 saturated heterocycles. The van der Waals surface area contributed by atoms with Crippen molar-refractivity contribution in [2.45, 2.75) is 39.3 Å². The fraction of sp³-hybridized carbons (Fsp3) is 0.438. The minimum Gasteiger partial charge on any atom is -0.487 e. The Hall–Kier alpha value is -1.39. The zero-order chi connectivity index (χ0) is 14.4. The van der Waals surface area contributed by atoms with E-state index in [1.165, 1.54) is 10.6 Å². The molecule has 2 aromatic rings. The van der Waals surface area contributed by atoms with Crippen molar-refractivity contribution < 1.29 is 4.74 Å². The Morgan fingerprint density at radius 3 is 2.65 bits per heavy atom. The van der Waals surface area contributed by atoms with Gasteiger partial charge in [0, 0.05) is 11.4 Å². The Bertz CT molecular complexity index is 522. The standard InChI is InChI=1S/C16H22N2OS/c1-4-16-18-14(11-20-16)10-19-15-7-5-13(6-8-15)9-12(2)17-3/h5-8,11-12,17H,4,9-10H2,1-3H3. The van der Waals surface area contributed by atoms with E-state index < -0.39 is 0 Å². The molecule has 0 spiro atoms. The quantitative estimate of drug-likeness (QED) is 0.848. The van der Waals surface area contributed by atoms with E-state index in [0.717, 1.165) is 24.3 Å². The summed E-state index contributed by atoms with van der Waals surface area (Å²) in [6.07, 6.45) is 2.02. The molecule has 0 aliphatic carbocycles. The average molecular weight is 290 g/mol. The molecule has 1 atom stereocenters. The number of hydrogen-bond acceptors (Lipinski definition) is 4. The number of hydrogen-bond donors (Lipinski definition) is 1. The lowest BCUT2D eigenvalue weighted by atomic mass is 10.1. The number of benzene rings is 1. The molecule has 0 aliphatic heterocycles. The predicted octanol–water partition coefficient (Wildman–Crippen LogP) is 3.43. The number of nitrogens with zero attached hydrogens (tertiary/aromatic N) is 1. The Balaban J connectivity index is 1.87. The van der Waals surface area contributed by atoms with Crippen molar-refractivity contribution in [3.05, 3.63) is 45.9 Å². The number of thiazole rings is 1. The highest BCUT2D eigenvalue weighted by Gasteiger charge is 2.03. The Kier molecular flexibility index (Phi) is 5.56. The topological polar surface area (TPSA) is 34.1 Å². The third-order valence-corrected chi connectivity index (χ3v) is 4.29. The second-order valence-corrected chi connectivity index (χ2v) is 5.86. The van der Waals surface area contributed by atoms with E-state index in [-0.39, 0.29) is 0 Å². The number of aromatic nitrogens is 1. The smallest absolute Gasteiger partial charge is 0.131 e.